The van der Waals surface area contributed by atoms with E-state index in [9.17, 15) is 48.3 Å². The molecule has 2 saturated heterocycles. The molecule has 1 aromatic rings. The van der Waals surface area contributed by atoms with E-state index in [0.717, 1.165) is 7.11 Å². The molecule has 4 heterocycles. The summed E-state index contributed by atoms with van der Waals surface area (Å²) < 4.78 is 53.0. The van der Waals surface area contributed by atoms with Gasteiger partial charge in [-0.2, -0.15) is 0 Å². The number of rotatable bonds is 23. The van der Waals surface area contributed by atoms with Gasteiger partial charge in [-0.3, -0.25) is 19.2 Å². The van der Waals surface area contributed by atoms with Crippen LogP contribution < -0.4 is 54.8 Å². The topological polar surface area (TPSA) is 467 Å². The lowest BCUT2D eigenvalue weighted by Gasteiger charge is -2.40. The van der Waals surface area contributed by atoms with E-state index in [0.29, 0.717) is 11.1 Å². The molecule has 32 nitrogen and oxygen atoms in total. The average molecular weight is 1080 g/mol. The van der Waals surface area contributed by atoms with Gasteiger partial charge in [0.1, 0.15) is 13.2 Å². The molecule has 416 valence electrons. The molecule has 1 aromatic carbocycles. The first-order valence-corrected chi connectivity index (χ1v) is 23.1. The van der Waals surface area contributed by atoms with Crippen LogP contribution in [0.25, 0.3) is 0 Å². The highest BCUT2D eigenvalue weighted by molar-refractivity contribution is 5.87. The second kappa shape index (κ2) is 27.5. The fraction of sp³-hybridized carbons (Fsp3) is 0.523. The Labute approximate surface area is 432 Å². The Morgan fingerprint density at radius 2 is 1.09 bits per heavy atom. The Hall–Kier alpha value is -8.81. The number of nitrogens with one attached hydrogen (secondary N) is 6. The van der Waals surface area contributed by atoms with Crippen molar-refractivity contribution in [2.24, 2.45) is 32.9 Å². The number of aliphatic imine (C=N–C) groups is 2. The second-order valence-corrected chi connectivity index (χ2v) is 16.8. The molecule has 15 N–H and O–H groups in total. The van der Waals surface area contributed by atoms with Crippen LogP contribution in [0.5, 0.6) is 0 Å². The van der Waals surface area contributed by atoms with Gasteiger partial charge in [0.25, 0.3) is 0 Å². The van der Waals surface area contributed by atoms with E-state index in [1.54, 1.807) is 24.3 Å². The zero-order chi connectivity index (χ0) is 55.6. The average Bonchev–Trinajstić information content (AvgIpc) is 4.01. The van der Waals surface area contributed by atoms with Crippen molar-refractivity contribution in [2.45, 2.75) is 107 Å². The van der Waals surface area contributed by atoms with Gasteiger partial charge in [0, 0.05) is 60.0 Å². The second-order valence-electron chi connectivity index (χ2n) is 16.8. The van der Waals surface area contributed by atoms with Gasteiger partial charge in [0.15, 0.2) is 54.3 Å². The maximum Gasteiger partial charge on any atom is 0.508 e. The Morgan fingerprint density at radius 1 is 0.658 bits per heavy atom. The lowest BCUT2D eigenvalue weighted by Crippen LogP contribution is -2.61. The van der Waals surface area contributed by atoms with Crippen molar-refractivity contribution >= 4 is 66.0 Å². The number of carbonyl (C=O) groups excluding carboxylic acids is 9. The van der Waals surface area contributed by atoms with Crippen LogP contribution in [0.3, 0.4) is 0 Å². The molecular weight excluding hydrogens is 1020 g/mol. The first-order valence-electron chi connectivity index (χ1n) is 23.1. The molecule has 76 heavy (non-hydrogen) atoms. The fourth-order valence-corrected chi connectivity index (χ4v) is 7.80. The highest BCUT2D eigenvalue weighted by Crippen LogP contribution is 2.31. The molecule has 0 aliphatic carbocycles. The van der Waals surface area contributed by atoms with E-state index in [1.807, 2.05) is 0 Å². The molecule has 4 aliphatic rings. The summed E-state index contributed by atoms with van der Waals surface area (Å²) in [5.41, 5.74) is 23.9. The van der Waals surface area contributed by atoms with Gasteiger partial charge in [-0.25, -0.2) is 34.0 Å². The van der Waals surface area contributed by atoms with E-state index in [1.165, 1.54) is 33.1 Å². The van der Waals surface area contributed by atoms with Gasteiger partial charge in [0.05, 0.1) is 31.3 Å². The summed E-state index contributed by atoms with van der Waals surface area (Å²) in [4.78, 5) is 121. The summed E-state index contributed by atoms with van der Waals surface area (Å²) in [5.74, 6) is -4.47. The maximum absolute atomic E-state index is 13.1. The zero-order valence-corrected chi connectivity index (χ0v) is 41.4. The van der Waals surface area contributed by atoms with Gasteiger partial charge < -0.3 is 107 Å². The molecule has 4 aliphatic heterocycles. The Bertz CT molecular complexity index is 2430. The van der Waals surface area contributed by atoms with Gasteiger partial charge in [-0.1, -0.05) is 24.3 Å². The van der Waals surface area contributed by atoms with E-state index in [4.69, 9.17) is 70.3 Å². The van der Waals surface area contributed by atoms with Crippen LogP contribution in [0.2, 0.25) is 0 Å². The van der Waals surface area contributed by atoms with Crippen LogP contribution in [0.15, 0.2) is 57.9 Å². The monoisotopic (exact) mass is 1080 g/mol. The Morgan fingerprint density at radius 3 is 1.47 bits per heavy atom. The number of hydrogen-bond donors (Lipinski definition) is 11. The molecule has 0 spiro atoms. The fourth-order valence-electron chi connectivity index (χ4n) is 7.80. The summed E-state index contributed by atoms with van der Waals surface area (Å²) in [7, 11) is 2.26. The van der Waals surface area contributed by atoms with E-state index in [2.05, 4.69) is 41.9 Å². The molecule has 2 unspecified atom stereocenters. The van der Waals surface area contributed by atoms with Crippen molar-refractivity contribution in [3.05, 3.63) is 59.1 Å². The predicted molar refractivity (Wildman–Crippen MR) is 254 cm³/mol. The quantitative estimate of drug-likeness (QED) is 0.0163. The lowest BCUT2D eigenvalue weighted by atomic mass is 9.92. The number of amides is 6. The molecule has 2 fully saturated rings. The number of aliphatic hydroxyl groups is 1. The smallest absolute Gasteiger partial charge is 0.483 e. The molecule has 0 saturated carbocycles. The molecule has 6 amide bonds. The molecule has 11 atom stereocenters. The highest BCUT2D eigenvalue weighted by atomic mass is 16.8. The standard InChI is InChI=1S/C44H60N12O20/c1-19(57)53-31-23(55-39(45)46)13-25(37(61)67-3)71-35(31)33(27-17-69-43(65)73-27)75-41(63)49-11-9-29(59)51-15-21-5-7-22(8-6-21)16-52-30(60)10-12-50-42(64)76-34(28-18-70-44(66)74-28)36-32(54-20(2)58)24(56-40(47)48)14-26(72-36)38(62)68-4/h5-8,13-14,23-24,27-28,31-37,61H,9-12,15-18H2,1-4H3,(H,49,63)(H,50,64)(H,51,59)(H,52,60)(H,53,57)(H,54,58)(H4,45,46,55)(H4,47,48,56)/t23-,24-,27?,28+,31?,32+,33+,34+,35+,36+,37+/m0/s1. The number of benzene rings is 1. The minimum Gasteiger partial charge on any atom is -0.483 e. The maximum atomic E-state index is 13.1. The number of nitrogens with zero attached hydrogens (tertiary/aromatic N) is 2. The number of hydrogen-bond acceptors (Lipinski definition) is 22. The minimum absolute atomic E-state index is 0.0883. The number of aliphatic hydroxyl groups excluding tert-OH is 1. The van der Waals surface area contributed by atoms with Crippen LogP contribution in [0.4, 0.5) is 19.2 Å². The number of methoxy groups -OCH3 is 2. The Balaban J connectivity index is 1.08. The van der Waals surface area contributed by atoms with E-state index < -0.39 is 152 Å². The van der Waals surface area contributed by atoms with Crippen LogP contribution in [0, 0.1) is 0 Å². The summed E-state index contributed by atoms with van der Waals surface area (Å²) >= 11 is 0. The molecular formula is C44H60N12O20. The predicted octanol–water partition coefficient (Wildman–Crippen LogP) is -4.04. The zero-order valence-electron chi connectivity index (χ0n) is 41.4. The summed E-state index contributed by atoms with van der Waals surface area (Å²) in [6.45, 7) is 1.30. The van der Waals surface area contributed by atoms with Crippen molar-refractivity contribution in [2.75, 3.05) is 40.5 Å². The number of nitrogens with two attached hydrogens (primary N) is 4. The number of carbonyl (C=O) groups is 9. The number of ether oxygens (including phenoxy) is 10. The minimum atomic E-state index is -1.64. The number of cyclic esters (lactones) is 4. The third-order valence-corrected chi connectivity index (χ3v) is 11.2. The molecule has 5 rings (SSSR count). The molecule has 0 radical (unpaired) electrons. The number of alkyl carbamates (subject to hydrolysis) is 2. The van der Waals surface area contributed by atoms with E-state index >= 15 is 0 Å². The van der Waals surface area contributed by atoms with Gasteiger partial charge >= 0.3 is 30.5 Å². The molecule has 32 heteroatoms. The van der Waals surface area contributed by atoms with Crippen molar-refractivity contribution in [3.63, 3.8) is 0 Å². The van der Waals surface area contributed by atoms with Crippen molar-refractivity contribution in [1.82, 2.24) is 31.9 Å². The number of guanidine groups is 2. The lowest BCUT2D eigenvalue weighted by molar-refractivity contribution is -0.147. The van der Waals surface area contributed by atoms with Crippen LogP contribution >= 0.6 is 0 Å². The first-order chi connectivity index (χ1) is 36.1. The normalized spacial score (nSPS) is 23.5. The highest BCUT2D eigenvalue weighted by Gasteiger charge is 2.51. The Kier molecular flexibility index (Phi) is 21.0. The van der Waals surface area contributed by atoms with Gasteiger partial charge in [-0.05, 0) is 23.3 Å². The summed E-state index contributed by atoms with van der Waals surface area (Å²) in [5, 5.41) is 26.0. The largest absolute Gasteiger partial charge is 0.508 e. The molecule has 0 bridgehead atoms. The van der Waals surface area contributed by atoms with Crippen molar-refractivity contribution < 1.29 is 95.6 Å². The number of esters is 1. The van der Waals surface area contributed by atoms with E-state index in [-0.39, 0.29) is 44.8 Å². The molecule has 0 aromatic heterocycles. The van der Waals surface area contributed by atoms with Crippen LogP contribution in [-0.2, 0) is 84.4 Å². The van der Waals surface area contributed by atoms with Gasteiger partial charge in [0.2, 0.25) is 35.7 Å². The third-order valence-electron chi connectivity index (χ3n) is 11.2. The van der Waals surface area contributed by atoms with Crippen LogP contribution in [0.1, 0.15) is 37.8 Å². The summed E-state index contributed by atoms with van der Waals surface area (Å²) in [6.07, 6.45) is -12.4. The van der Waals surface area contributed by atoms with Crippen molar-refractivity contribution in [3.8, 4) is 0 Å². The van der Waals surface area contributed by atoms with Crippen LogP contribution in [-0.4, -0.2) is 179 Å². The summed E-state index contributed by atoms with van der Waals surface area (Å²) in [6, 6.07) is 2.24. The first kappa shape index (κ1) is 58.1. The third kappa shape index (κ3) is 17.1. The van der Waals surface area contributed by atoms with Crippen molar-refractivity contribution in [1.29, 1.82) is 0 Å². The van der Waals surface area contributed by atoms with Gasteiger partial charge in [-0.15, -0.1) is 0 Å². The SMILES string of the molecule is COC(=O)C1=C[C@H](N=C(N)N)[C@@H](NC(C)=O)[C@H]([C@H](OC(=O)NCCC(=O)NCc2ccc(CNC(=O)CCNC(=O)O[C@H](C3COC(=O)O3)[C@@H]3OC([C@H](O)OC)=C[C@H](N=C(N)N)C3NC(C)=O)cc2)[C@H]2COC(=O)O2)O1.